The van der Waals surface area contributed by atoms with Crippen molar-refractivity contribution in [3.63, 3.8) is 0 Å². The lowest BCUT2D eigenvalue weighted by Crippen LogP contribution is -2.08. The maximum Gasteiger partial charge on any atom is 0.229 e. The molecule has 2 heterocycles. The number of aliphatic hydroxyl groups is 1. The van der Waals surface area contributed by atoms with Gasteiger partial charge in [0.25, 0.3) is 0 Å². The molecule has 2 rings (SSSR count). The molecule has 4 nitrogen and oxygen atoms in total. The average molecular weight is 214 g/mol. The number of hydrogen-bond donors (Lipinski definition) is 1. The second-order valence-corrected chi connectivity index (χ2v) is 4.63. The Kier molecular flexibility index (Phi) is 3.42. The molecule has 1 aromatic heterocycles. The summed E-state index contributed by atoms with van der Waals surface area (Å²) in [4.78, 5) is 4.28. The SMILES string of the molecule is OCCc1noc(C2CCSCC2)n1. The van der Waals surface area contributed by atoms with Crippen molar-refractivity contribution in [1.82, 2.24) is 10.1 Å². The van der Waals surface area contributed by atoms with Crippen molar-refractivity contribution < 1.29 is 9.63 Å². The minimum absolute atomic E-state index is 0.0828. The quantitative estimate of drug-likeness (QED) is 0.819. The number of aliphatic hydroxyl groups excluding tert-OH is 1. The van der Waals surface area contributed by atoms with E-state index in [1.165, 1.54) is 11.5 Å². The second-order valence-electron chi connectivity index (χ2n) is 3.41. The first-order valence-electron chi connectivity index (χ1n) is 4.91. The minimum Gasteiger partial charge on any atom is -0.396 e. The lowest BCUT2D eigenvalue weighted by atomic mass is 10.0. The van der Waals surface area contributed by atoms with Crippen LogP contribution >= 0.6 is 11.8 Å². The van der Waals surface area contributed by atoms with Gasteiger partial charge in [-0.3, -0.25) is 0 Å². The Morgan fingerprint density at radius 3 is 2.93 bits per heavy atom. The van der Waals surface area contributed by atoms with Crippen LogP contribution in [0.3, 0.4) is 0 Å². The molecule has 0 saturated carbocycles. The van der Waals surface area contributed by atoms with Crippen molar-refractivity contribution >= 4 is 11.8 Å². The van der Waals surface area contributed by atoms with Gasteiger partial charge in [0.15, 0.2) is 5.82 Å². The Balaban J connectivity index is 2.00. The lowest BCUT2D eigenvalue weighted by Gasteiger charge is -2.16. The molecule has 1 fully saturated rings. The standard InChI is InChI=1S/C9H14N2O2S/c12-4-1-8-10-9(13-11-8)7-2-5-14-6-3-7/h7,12H,1-6H2. The summed E-state index contributed by atoms with van der Waals surface area (Å²) in [6.45, 7) is 0.0828. The van der Waals surface area contributed by atoms with Crippen LogP contribution in [0.15, 0.2) is 4.52 Å². The molecule has 0 unspecified atom stereocenters. The van der Waals surface area contributed by atoms with Crippen LogP contribution in [0.1, 0.15) is 30.5 Å². The molecule has 0 bridgehead atoms. The third kappa shape index (κ3) is 2.27. The summed E-state index contributed by atoms with van der Waals surface area (Å²) in [5.41, 5.74) is 0. The molecule has 5 heteroatoms. The normalized spacial score (nSPS) is 18.6. The van der Waals surface area contributed by atoms with E-state index < -0.39 is 0 Å². The predicted octanol–water partition coefficient (Wildman–Crippen LogP) is 1.22. The molecular weight excluding hydrogens is 200 g/mol. The van der Waals surface area contributed by atoms with E-state index in [4.69, 9.17) is 9.63 Å². The maximum absolute atomic E-state index is 8.71. The fraction of sp³-hybridized carbons (Fsp3) is 0.778. The highest BCUT2D eigenvalue weighted by Gasteiger charge is 2.21. The third-order valence-corrected chi connectivity index (χ3v) is 3.44. The molecule has 1 N–H and O–H groups in total. The van der Waals surface area contributed by atoms with Crippen LogP contribution in [-0.2, 0) is 6.42 Å². The molecular formula is C9H14N2O2S. The molecule has 0 spiro atoms. The maximum atomic E-state index is 8.71. The Morgan fingerprint density at radius 1 is 1.43 bits per heavy atom. The van der Waals surface area contributed by atoms with Gasteiger partial charge in [0.2, 0.25) is 5.89 Å². The third-order valence-electron chi connectivity index (χ3n) is 2.39. The monoisotopic (exact) mass is 214 g/mol. The van der Waals surface area contributed by atoms with E-state index in [1.54, 1.807) is 0 Å². The van der Waals surface area contributed by atoms with Crippen LogP contribution in [0, 0.1) is 0 Å². The number of hydrogen-bond acceptors (Lipinski definition) is 5. The van der Waals surface area contributed by atoms with E-state index in [1.807, 2.05) is 11.8 Å². The van der Waals surface area contributed by atoms with Crippen LogP contribution in [0.25, 0.3) is 0 Å². The highest BCUT2D eigenvalue weighted by molar-refractivity contribution is 7.99. The Morgan fingerprint density at radius 2 is 2.21 bits per heavy atom. The molecule has 1 aromatic rings. The molecule has 0 aromatic carbocycles. The van der Waals surface area contributed by atoms with Gasteiger partial charge in [0.1, 0.15) is 0 Å². The summed E-state index contributed by atoms with van der Waals surface area (Å²) in [5, 5.41) is 12.5. The number of nitrogens with zero attached hydrogens (tertiary/aromatic N) is 2. The topological polar surface area (TPSA) is 59.2 Å². The van der Waals surface area contributed by atoms with Crippen LogP contribution in [0.4, 0.5) is 0 Å². The first kappa shape index (κ1) is 9.98. The van der Waals surface area contributed by atoms with Crippen molar-refractivity contribution in [2.75, 3.05) is 18.1 Å². The fourth-order valence-electron chi connectivity index (χ4n) is 1.58. The van der Waals surface area contributed by atoms with Crippen molar-refractivity contribution in [2.24, 2.45) is 0 Å². The molecule has 1 aliphatic heterocycles. The number of rotatable bonds is 3. The van der Waals surface area contributed by atoms with Crippen LogP contribution in [0.5, 0.6) is 0 Å². The van der Waals surface area contributed by atoms with Gasteiger partial charge in [-0.1, -0.05) is 5.16 Å². The first-order chi connectivity index (χ1) is 6.90. The Labute approximate surface area is 87.1 Å². The zero-order valence-electron chi connectivity index (χ0n) is 7.98. The molecule has 14 heavy (non-hydrogen) atoms. The van der Waals surface area contributed by atoms with E-state index in [0.29, 0.717) is 18.2 Å². The van der Waals surface area contributed by atoms with E-state index in [2.05, 4.69) is 10.1 Å². The zero-order valence-corrected chi connectivity index (χ0v) is 8.79. The highest BCUT2D eigenvalue weighted by atomic mass is 32.2. The van der Waals surface area contributed by atoms with E-state index in [-0.39, 0.29) is 6.61 Å². The van der Waals surface area contributed by atoms with Gasteiger partial charge < -0.3 is 9.63 Å². The van der Waals surface area contributed by atoms with E-state index in [0.717, 1.165) is 18.7 Å². The molecule has 0 radical (unpaired) electrons. The Hall–Kier alpha value is -0.550. The zero-order chi connectivity index (χ0) is 9.80. The number of aromatic nitrogens is 2. The van der Waals surface area contributed by atoms with Crippen molar-refractivity contribution in [3.05, 3.63) is 11.7 Å². The summed E-state index contributed by atoms with van der Waals surface area (Å²) in [6, 6.07) is 0. The molecule has 78 valence electrons. The molecule has 1 aliphatic rings. The summed E-state index contributed by atoms with van der Waals surface area (Å²) in [6.07, 6.45) is 2.75. The lowest BCUT2D eigenvalue weighted by molar-refractivity contribution is 0.292. The van der Waals surface area contributed by atoms with Gasteiger partial charge >= 0.3 is 0 Å². The van der Waals surface area contributed by atoms with Gasteiger partial charge in [0.05, 0.1) is 6.61 Å². The summed E-state index contributed by atoms with van der Waals surface area (Å²) in [7, 11) is 0. The van der Waals surface area contributed by atoms with Gasteiger partial charge in [0, 0.05) is 12.3 Å². The minimum atomic E-state index is 0.0828. The second kappa shape index (κ2) is 4.79. The molecule has 0 atom stereocenters. The van der Waals surface area contributed by atoms with Crippen molar-refractivity contribution in [2.45, 2.75) is 25.2 Å². The Bertz CT molecular complexity index is 284. The van der Waals surface area contributed by atoms with Gasteiger partial charge in [-0.15, -0.1) is 0 Å². The van der Waals surface area contributed by atoms with Gasteiger partial charge in [-0.05, 0) is 24.3 Å². The van der Waals surface area contributed by atoms with Crippen LogP contribution in [-0.4, -0.2) is 33.4 Å². The molecule has 0 aliphatic carbocycles. The summed E-state index contributed by atoms with van der Waals surface area (Å²) >= 11 is 1.98. The van der Waals surface area contributed by atoms with Gasteiger partial charge in [-0.25, -0.2) is 0 Å². The largest absolute Gasteiger partial charge is 0.396 e. The summed E-state index contributed by atoms with van der Waals surface area (Å²) < 4.78 is 5.18. The van der Waals surface area contributed by atoms with E-state index in [9.17, 15) is 0 Å². The van der Waals surface area contributed by atoms with E-state index >= 15 is 0 Å². The fourth-order valence-corrected chi connectivity index (χ4v) is 2.69. The molecule has 0 amide bonds. The van der Waals surface area contributed by atoms with Crippen molar-refractivity contribution in [3.8, 4) is 0 Å². The number of thioether (sulfide) groups is 1. The molecule has 1 saturated heterocycles. The first-order valence-corrected chi connectivity index (χ1v) is 6.06. The van der Waals surface area contributed by atoms with Crippen LogP contribution < -0.4 is 0 Å². The highest BCUT2D eigenvalue weighted by Crippen LogP contribution is 2.30. The van der Waals surface area contributed by atoms with Crippen LogP contribution in [0.2, 0.25) is 0 Å². The van der Waals surface area contributed by atoms with Crippen molar-refractivity contribution in [1.29, 1.82) is 0 Å². The smallest absolute Gasteiger partial charge is 0.229 e. The predicted molar refractivity (Wildman–Crippen MR) is 54.4 cm³/mol. The van der Waals surface area contributed by atoms with Gasteiger partial charge in [-0.2, -0.15) is 16.7 Å². The average Bonchev–Trinajstić information content (AvgIpc) is 2.68. The summed E-state index contributed by atoms with van der Waals surface area (Å²) in [5.74, 6) is 4.19.